The molecular formula is C19H28F2N4O2. The van der Waals surface area contributed by atoms with Crippen molar-refractivity contribution in [2.24, 2.45) is 5.92 Å². The number of hydrogen-bond acceptors (Lipinski definition) is 5. The third-order valence-corrected chi connectivity index (χ3v) is 5.94. The Bertz CT molecular complexity index is 659. The van der Waals surface area contributed by atoms with Crippen LogP contribution in [0.25, 0.3) is 0 Å². The van der Waals surface area contributed by atoms with Crippen LogP contribution in [0.3, 0.4) is 0 Å². The first kappa shape index (κ1) is 19.9. The maximum atomic E-state index is 14.4. The maximum Gasteiger partial charge on any atom is 0.275 e. The Morgan fingerprint density at radius 3 is 2.11 bits per heavy atom. The van der Waals surface area contributed by atoms with E-state index in [1.165, 1.54) is 12.8 Å². The molecule has 2 heterocycles. The summed E-state index contributed by atoms with van der Waals surface area (Å²) in [4.78, 5) is 16.5. The lowest BCUT2D eigenvalue weighted by Crippen LogP contribution is -2.58. The average Bonchev–Trinajstić information content (AvgIpc) is 2.59. The van der Waals surface area contributed by atoms with Gasteiger partial charge in [-0.25, -0.2) is 8.78 Å². The van der Waals surface area contributed by atoms with E-state index in [1.807, 2.05) is 0 Å². The van der Waals surface area contributed by atoms with Gasteiger partial charge < -0.3 is 9.80 Å². The summed E-state index contributed by atoms with van der Waals surface area (Å²) in [5.74, 6) is -1.08. The second kappa shape index (κ2) is 8.06. The Kier molecular flexibility index (Phi) is 5.95. The fourth-order valence-corrected chi connectivity index (χ4v) is 4.40. The number of anilines is 1. The molecule has 27 heavy (non-hydrogen) atoms. The molecule has 150 valence electrons. The molecule has 0 aliphatic carbocycles. The van der Waals surface area contributed by atoms with Crippen molar-refractivity contribution in [1.29, 1.82) is 0 Å². The van der Waals surface area contributed by atoms with Gasteiger partial charge in [0.25, 0.3) is 5.69 Å². The van der Waals surface area contributed by atoms with Crippen LogP contribution in [0, 0.1) is 27.7 Å². The van der Waals surface area contributed by atoms with E-state index in [0.29, 0.717) is 19.0 Å². The van der Waals surface area contributed by atoms with Crippen molar-refractivity contribution in [2.45, 2.75) is 38.8 Å². The summed E-state index contributed by atoms with van der Waals surface area (Å²) in [6.07, 6.45) is 2.36. The number of nitro benzene ring substituents is 1. The minimum Gasteiger partial charge on any atom is -0.364 e. The van der Waals surface area contributed by atoms with Crippen molar-refractivity contribution in [3.8, 4) is 0 Å². The lowest BCUT2D eigenvalue weighted by atomic mass is 9.94. The Morgan fingerprint density at radius 1 is 1.11 bits per heavy atom. The summed E-state index contributed by atoms with van der Waals surface area (Å²) in [5, 5.41) is 10.8. The quantitative estimate of drug-likeness (QED) is 0.592. The lowest BCUT2D eigenvalue weighted by molar-refractivity contribution is -0.385. The number of hydrogen-bond donors (Lipinski definition) is 0. The van der Waals surface area contributed by atoms with Gasteiger partial charge in [0.2, 0.25) is 0 Å². The van der Waals surface area contributed by atoms with Crippen LogP contribution < -0.4 is 4.90 Å². The lowest BCUT2D eigenvalue weighted by Gasteiger charge is -2.47. The predicted octanol–water partition coefficient (Wildman–Crippen LogP) is 3.11. The van der Waals surface area contributed by atoms with Gasteiger partial charge in [-0.05, 0) is 52.7 Å². The summed E-state index contributed by atoms with van der Waals surface area (Å²) >= 11 is 0. The molecule has 0 amide bonds. The Morgan fingerprint density at radius 2 is 1.63 bits per heavy atom. The van der Waals surface area contributed by atoms with Crippen molar-refractivity contribution in [3.63, 3.8) is 0 Å². The van der Waals surface area contributed by atoms with Crippen LogP contribution in [0.5, 0.6) is 0 Å². The monoisotopic (exact) mass is 382 g/mol. The zero-order chi connectivity index (χ0) is 19.7. The fraction of sp³-hybridized carbons (Fsp3) is 0.684. The highest BCUT2D eigenvalue weighted by molar-refractivity contribution is 5.54. The maximum absolute atomic E-state index is 14.4. The third-order valence-electron chi connectivity index (χ3n) is 5.94. The number of nitro groups is 1. The van der Waals surface area contributed by atoms with Gasteiger partial charge in [0.1, 0.15) is 5.69 Å². The zero-order valence-corrected chi connectivity index (χ0v) is 16.2. The summed E-state index contributed by atoms with van der Waals surface area (Å²) < 4.78 is 28.8. The molecule has 3 rings (SSSR count). The van der Waals surface area contributed by atoms with Crippen molar-refractivity contribution < 1.29 is 13.7 Å². The van der Waals surface area contributed by atoms with Gasteiger partial charge in [-0.15, -0.1) is 0 Å². The number of nitrogens with zero attached hydrogens (tertiary/aromatic N) is 4. The number of piperidine rings is 1. The Labute approximate surface area is 158 Å². The normalized spacial score (nSPS) is 25.7. The largest absolute Gasteiger partial charge is 0.364 e. The van der Waals surface area contributed by atoms with Crippen LogP contribution in [0.2, 0.25) is 0 Å². The molecule has 1 aromatic carbocycles. The molecule has 0 unspecified atom stereocenters. The van der Waals surface area contributed by atoms with E-state index in [-0.39, 0.29) is 17.8 Å². The zero-order valence-electron chi connectivity index (χ0n) is 16.2. The minimum atomic E-state index is -0.870. The van der Waals surface area contributed by atoms with E-state index < -0.39 is 22.2 Å². The van der Waals surface area contributed by atoms with Crippen LogP contribution in [0.4, 0.5) is 20.2 Å². The molecule has 2 saturated heterocycles. The first-order valence-electron chi connectivity index (χ1n) is 9.59. The van der Waals surface area contributed by atoms with E-state index in [9.17, 15) is 18.9 Å². The van der Waals surface area contributed by atoms with Gasteiger partial charge in [-0.1, -0.05) is 0 Å². The minimum absolute atomic E-state index is 0.154. The van der Waals surface area contributed by atoms with Gasteiger partial charge in [-0.3, -0.25) is 15.0 Å². The molecule has 0 bridgehead atoms. The van der Waals surface area contributed by atoms with Crippen LogP contribution in [-0.4, -0.2) is 66.6 Å². The summed E-state index contributed by atoms with van der Waals surface area (Å²) in [6, 6.07) is 1.92. The number of benzene rings is 1. The molecule has 2 atom stereocenters. The van der Waals surface area contributed by atoms with Crippen molar-refractivity contribution in [2.75, 3.05) is 44.7 Å². The molecule has 1 aromatic rings. The Balaban J connectivity index is 1.71. The number of non-ortho nitro benzene ring substituents is 1. The van der Waals surface area contributed by atoms with E-state index in [2.05, 4.69) is 30.7 Å². The fourth-order valence-electron chi connectivity index (χ4n) is 4.40. The highest BCUT2D eigenvalue weighted by Crippen LogP contribution is 2.31. The Hall–Kier alpha value is -1.80. The van der Waals surface area contributed by atoms with Crippen molar-refractivity contribution >= 4 is 11.4 Å². The smallest absolute Gasteiger partial charge is 0.275 e. The van der Waals surface area contributed by atoms with E-state index in [0.717, 1.165) is 31.8 Å². The number of piperazine rings is 1. The SMILES string of the molecule is C[C@@H]1CN(c2c(F)cc([N+](=O)[O-])cc2F)C[C@@H](C)N1CC1CCN(C)CC1. The molecule has 0 spiro atoms. The average molecular weight is 382 g/mol. The highest BCUT2D eigenvalue weighted by atomic mass is 19.1. The predicted molar refractivity (Wildman–Crippen MR) is 101 cm³/mol. The van der Waals surface area contributed by atoms with Crippen LogP contribution >= 0.6 is 0 Å². The molecule has 2 fully saturated rings. The molecule has 8 heteroatoms. The molecule has 0 saturated carbocycles. The molecule has 0 radical (unpaired) electrons. The van der Waals surface area contributed by atoms with Gasteiger partial charge >= 0.3 is 0 Å². The van der Waals surface area contributed by atoms with E-state index >= 15 is 0 Å². The molecule has 0 N–H and O–H groups in total. The van der Waals surface area contributed by atoms with E-state index in [1.54, 1.807) is 4.90 Å². The van der Waals surface area contributed by atoms with Crippen LogP contribution in [0.15, 0.2) is 12.1 Å². The number of rotatable bonds is 4. The number of likely N-dealkylation sites (tertiary alicyclic amines) is 1. The number of halogens is 2. The van der Waals surface area contributed by atoms with Gasteiger partial charge in [0.15, 0.2) is 11.6 Å². The summed E-state index contributed by atoms with van der Waals surface area (Å²) in [6.45, 7) is 8.41. The summed E-state index contributed by atoms with van der Waals surface area (Å²) in [7, 11) is 2.15. The van der Waals surface area contributed by atoms with Crippen molar-refractivity contribution in [3.05, 3.63) is 33.9 Å². The van der Waals surface area contributed by atoms with Gasteiger partial charge in [-0.2, -0.15) is 0 Å². The standard InChI is InChI=1S/C19H28F2N4O2/c1-13-10-23(19-17(20)8-16(25(26)27)9-18(19)21)11-14(2)24(13)12-15-4-6-22(3)7-5-15/h8-9,13-15H,4-7,10-12H2,1-3H3/t13-,14-/m1/s1. The van der Waals surface area contributed by atoms with Crippen LogP contribution in [-0.2, 0) is 0 Å². The molecular weight excluding hydrogens is 354 g/mol. The van der Waals surface area contributed by atoms with Crippen molar-refractivity contribution in [1.82, 2.24) is 9.80 Å². The molecule has 2 aliphatic heterocycles. The highest BCUT2D eigenvalue weighted by Gasteiger charge is 2.34. The first-order valence-corrected chi connectivity index (χ1v) is 9.59. The topological polar surface area (TPSA) is 52.9 Å². The van der Waals surface area contributed by atoms with Gasteiger partial charge in [0.05, 0.1) is 17.1 Å². The molecule has 0 aromatic heterocycles. The second-order valence-corrected chi connectivity index (χ2v) is 8.06. The van der Waals surface area contributed by atoms with Crippen LogP contribution in [0.1, 0.15) is 26.7 Å². The molecule has 2 aliphatic rings. The second-order valence-electron chi connectivity index (χ2n) is 8.06. The summed E-state index contributed by atoms with van der Waals surface area (Å²) in [5.41, 5.74) is -0.714. The van der Waals surface area contributed by atoms with E-state index in [4.69, 9.17) is 0 Å². The third kappa shape index (κ3) is 4.38. The van der Waals surface area contributed by atoms with Gasteiger partial charge in [0, 0.05) is 31.7 Å². The first-order chi connectivity index (χ1) is 12.8. The molecule has 6 nitrogen and oxygen atoms in total.